The zero-order valence-electron chi connectivity index (χ0n) is 17.0. The first-order chi connectivity index (χ1) is 15.1. The van der Waals surface area contributed by atoms with Gasteiger partial charge in [-0.25, -0.2) is 18.8 Å². The SMILES string of the molecule is CCOc1ccc(C(=O)Cc2ccc(F)c([C@]3(CF)C[C@@H](C(F)(F)F)OC(N)=N3)c2)nc1. The third-order valence-electron chi connectivity index (χ3n) is 4.93. The van der Waals surface area contributed by atoms with Crippen LogP contribution >= 0.6 is 0 Å². The number of nitrogens with two attached hydrogens (primary N) is 1. The van der Waals surface area contributed by atoms with Crippen molar-refractivity contribution in [2.24, 2.45) is 10.7 Å². The van der Waals surface area contributed by atoms with E-state index < -0.39 is 54.1 Å². The minimum atomic E-state index is -4.86. The van der Waals surface area contributed by atoms with Gasteiger partial charge in [0.2, 0.25) is 0 Å². The number of Topliss-reactive ketones (excluding diaryl/α,β-unsaturated/α-hetero) is 1. The van der Waals surface area contributed by atoms with Crippen molar-refractivity contribution in [1.82, 2.24) is 4.98 Å². The number of carbonyl (C=O) groups is 1. The molecular weight excluding hydrogens is 437 g/mol. The van der Waals surface area contributed by atoms with Gasteiger partial charge in [-0.2, -0.15) is 13.2 Å². The highest BCUT2D eigenvalue weighted by Gasteiger charge is 2.52. The molecule has 11 heteroatoms. The van der Waals surface area contributed by atoms with E-state index in [2.05, 4.69) is 14.7 Å². The van der Waals surface area contributed by atoms with Crippen LogP contribution in [0.4, 0.5) is 22.0 Å². The van der Waals surface area contributed by atoms with Crippen LogP contribution in [0, 0.1) is 5.82 Å². The van der Waals surface area contributed by atoms with Crippen molar-refractivity contribution in [2.75, 3.05) is 13.3 Å². The van der Waals surface area contributed by atoms with E-state index in [1.807, 2.05) is 0 Å². The number of aromatic nitrogens is 1. The lowest BCUT2D eigenvalue weighted by atomic mass is 9.83. The van der Waals surface area contributed by atoms with E-state index in [9.17, 15) is 26.7 Å². The van der Waals surface area contributed by atoms with E-state index in [0.717, 1.165) is 12.1 Å². The normalized spacial score (nSPS) is 20.9. The van der Waals surface area contributed by atoms with Crippen molar-refractivity contribution in [2.45, 2.75) is 37.6 Å². The number of halogens is 5. The fraction of sp³-hybridized carbons (Fsp3) is 0.381. The molecule has 2 N–H and O–H groups in total. The van der Waals surface area contributed by atoms with Gasteiger partial charge in [0.1, 0.15) is 29.5 Å². The van der Waals surface area contributed by atoms with Crippen LogP contribution in [0.25, 0.3) is 0 Å². The number of aliphatic imine (C=N–C) groups is 1. The molecule has 2 heterocycles. The van der Waals surface area contributed by atoms with Gasteiger partial charge >= 0.3 is 6.18 Å². The highest BCUT2D eigenvalue weighted by atomic mass is 19.4. The van der Waals surface area contributed by atoms with Crippen LogP contribution in [0.3, 0.4) is 0 Å². The Bertz CT molecular complexity index is 1010. The van der Waals surface area contributed by atoms with Gasteiger partial charge in [-0.05, 0) is 36.8 Å². The molecule has 0 amide bonds. The number of hydrogen-bond acceptors (Lipinski definition) is 6. The maximum absolute atomic E-state index is 14.6. The predicted octanol–water partition coefficient (Wildman–Crippen LogP) is 3.88. The van der Waals surface area contributed by atoms with Crippen molar-refractivity contribution in [3.8, 4) is 5.75 Å². The standard InChI is InChI=1S/C21H20F5N3O3/c1-2-31-13-4-6-16(28-10-13)17(30)8-12-3-5-15(23)14(7-12)20(11-22)9-18(21(24,25)26)32-19(27)29-20/h3-7,10,18H,2,8-9,11H2,1H3,(H2,27,29)/t18-,20+/m0/s1. The third-order valence-corrected chi connectivity index (χ3v) is 4.93. The topological polar surface area (TPSA) is 86.8 Å². The summed E-state index contributed by atoms with van der Waals surface area (Å²) in [6.45, 7) is 0.775. The summed E-state index contributed by atoms with van der Waals surface area (Å²) >= 11 is 0. The lowest BCUT2D eigenvalue weighted by molar-refractivity contribution is -0.209. The number of nitrogens with zero attached hydrogens (tertiary/aromatic N) is 2. The van der Waals surface area contributed by atoms with Crippen molar-refractivity contribution in [1.29, 1.82) is 0 Å². The van der Waals surface area contributed by atoms with E-state index in [4.69, 9.17) is 10.5 Å². The monoisotopic (exact) mass is 457 g/mol. The fourth-order valence-corrected chi connectivity index (χ4v) is 3.40. The highest BCUT2D eigenvalue weighted by molar-refractivity contribution is 5.95. The number of benzene rings is 1. The zero-order valence-corrected chi connectivity index (χ0v) is 17.0. The number of amidine groups is 1. The molecule has 0 saturated carbocycles. The van der Waals surface area contributed by atoms with Gasteiger partial charge in [0.15, 0.2) is 11.9 Å². The van der Waals surface area contributed by atoms with E-state index in [0.29, 0.717) is 12.4 Å². The zero-order chi connectivity index (χ0) is 23.5. The number of ether oxygens (including phenoxy) is 2. The summed E-state index contributed by atoms with van der Waals surface area (Å²) in [5.74, 6) is -0.923. The lowest BCUT2D eigenvalue weighted by Gasteiger charge is -2.36. The van der Waals surface area contributed by atoms with Gasteiger partial charge < -0.3 is 15.2 Å². The van der Waals surface area contributed by atoms with Crippen LogP contribution < -0.4 is 10.5 Å². The Labute approximate surface area is 180 Å². The maximum Gasteiger partial charge on any atom is 0.425 e. The van der Waals surface area contributed by atoms with Crippen LogP contribution in [-0.4, -0.2) is 42.4 Å². The lowest BCUT2D eigenvalue weighted by Crippen LogP contribution is -2.48. The first-order valence-electron chi connectivity index (χ1n) is 9.63. The molecule has 0 fully saturated rings. The number of carbonyl (C=O) groups excluding carboxylic acids is 1. The van der Waals surface area contributed by atoms with Gasteiger partial charge in [-0.15, -0.1) is 0 Å². The summed E-state index contributed by atoms with van der Waals surface area (Å²) in [5, 5.41) is 0. The molecule has 0 spiro atoms. The Morgan fingerprint density at radius 3 is 2.66 bits per heavy atom. The molecule has 0 unspecified atom stereocenters. The molecule has 2 atom stereocenters. The minimum Gasteiger partial charge on any atom is -0.492 e. The molecule has 1 aliphatic rings. The van der Waals surface area contributed by atoms with Crippen LogP contribution in [-0.2, 0) is 16.7 Å². The third kappa shape index (κ3) is 4.97. The summed E-state index contributed by atoms with van der Waals surface area (Å²) < 4.78 is 78.0. The molecule has 172 valence electrons. The van der Waals surface area contributed by atoms with Crippen molar-refractivity contribution in [3.63, 3.8) is 0 Å². The molecule has 1 aromatic heterocycles. The van der Waals surface area contributed by atoms with Crippen molar-refractivity contribution < 1.29 is 36.2 Å². The Hall–Kier alpha value is -3.24. The summed E-state index contributed by atoms with van der Waals surface area (Å²) in [7, 11) is 0. The summed E-state index contributed by atoms with van der Waals surface area (Å²) in [6, 6.07) is 5.48. The number of alkyl halides is 4. The number of pyridine rings is 1. The van der Waals surface area contributed by atoms with Gasteiger partial charge in [0.05, 0.1) is 12.8 Å². The molecule has 0 radical (unpaired) electrons. The largest absolute Gasteiger partial charge is 0.492 e. The van der Waals surface area contributed by atoms with E-state index in [1.54, 1.807) is 13.0 Å². The average Bonchev–Trinajstić information content (AvgIpc) is 2.74. The average molecular weight is 457 g/mol. The second-order valence-corrected chi connectivity index (χ2v) is 7.19. The molecule has 0 saturated heterocycles. The van der Waals surface area contributed by atoms with Gasteiger partial charge in [-0.1, -0.05) is 6.07 Å². The maximum atomic E-state index is 14.6. The minimum absolute atomic E-state index is 0.116. The van der Waals surface area contributed by atoms with Crippen LogP contribution in [0.1, 0.15) is 35.0 Å². The first kappa shape index (κ1) is 23.4. The molecule has 32 heavy (non-hydrogen) atoms. The van der Waals surface area contributed by atoms with Crippen molar-refractivity contribution in [3.05, 3.63) is 59.2 Å². The number of ketones is 1. The summed E-state index contributed by atoms with van der Waals surface area (Å²) in [4.78, 5) is 20.2. The van der Waals surface area contributed by atoms with Crippen molar-refractivity contribution >= 4 is 11.8 Å². The smallest absolute Gasteiger partial charge is 0.425 e. The van der Waals surface area contributed by atoms with Gasteiger partial charge in [0, 0.05) is 18.4 Å². The molecule has 0 bridgehead atoms. The Balaban J connectivity index is 1.90. The van der Waals surface area contributed by atoms with Crippen LogP contribution in [0.2, 0.25) is 0 Å². The first-order valence-corrected chi connectivity index (χ1v) is 9.63. The summed E-state index contributed by atoms with van der Waals surface area (Å²) in [5.41, 5.74) is 3.05. The van der Waals surface area contributed by atoms with Crippen LogP contribution in [0.15, 0.2) is 41.5 Å². The highest BCUT2D eigenvalue weighted by Crippen LogP contribution is 2.41. The Morgan fingerprint density at radius 1 is 1.31 bits per heavy atom. The predicted molar refractivity (Wildman–Crippen MR) is 105 cm³/mol. The van der Waals surface area contributed by atoms with Crippen LogP contribution in [0.5, 0.6) is 5.75 Å². The van der Waals surface area contributed by atoms with E-state index >= 15 is 0 Å². The quantitative estimate of drug-likeness (QED) is 0.504. The van der Waals surface area contributed by atoms with Gasteiger partial charge in [0.25, 0.3) is 6.02 Å². The molecule has 3 rings (SSSR count). The van der Waals surface area contributed by atoms with E-state index in [1.165, 1.54) is 18.3 Å². The number of rotatable bonds is 7. The fourth-order valence-electron chi connectivity index (χ4n) is 3.40. The summed E-state index contributed by atoms with van der Waals surface area (Å²) in [6.07, 6.45) is -7.17. The molecule has 2 aromatic rings. The second-order valence-electron chi connectivity index (χ2n) is 7.19. The Morgan fingerprint density at radius 2 is 2.06 bits per heavy atom. The van der Waals surface area contributed by atoms with Gasteiger partial charge in [-0.3, -0.25) is 4.79 Å². The molecule has 0 aliphatic carbocycles. The Kier molecular flexibility index (Phi) is 6.65. The molecular formula is C21H20F5N3O3. The molecule has 1 aliphatic heterocycles. The molecule has 6 nitrogen and oxygen atoms in total. The second kappa shape index (κ2) is 9.09. The molecule has 1 aromatic carbocycles. The van der Waals surface area contributed by atoms with E-state index in [-0.39, 0.29) is 17.7 Å². The number of hydrogen-bond donors (Lipinski definition) is 1.